The second-order valence-electron chi connectivity index (χ2n) is 11.4. The van der Waals surface area contributed by atoms with Crippen molar-refractivity contribution < 1.29 is 23.5 Å². The molecule has 0 aromatic heterocycles. The monoisotopic (exact) mass is 530 g/mol. The Morgan fingerprint density at radius 2 is 1.71 bits per heavy atom. The van der Waals surface area contributed by atoms with E-state index >= 15 is 4.39 Å². The van der Waals surface area contributed by atoms with Crippen LogP contribution in [-0.2, 0) is 19.1 Å². The van der Waals surface area contributed by atoms with Crippen molar-refractivity contribution in [3.8, 4) is 0 Å². The van der Waals surface area contributed by atoms with Crippen molar-refractivity contribution in [2.24, 2.45) is 17.8 Å². The highest BCUT2D eigenvalue weighted by atomic mass is 19.1. The smallest absolute Gasteiger partial charge is 0.249 e. The number of carbonyl (C=O) groups is 3. The first-order valence-corrected chi connectivity index (χ1v) is 14.1. The van der Waals surface area contributed by atoms with Gasteiger partial charge in [-0.3, -0.25) is 14.4 Å². The molecule has 2 aliphatic carbocycles. The van der Waals surface area contributed by atoms with Crippen LogP contribution >= 0.6 is 0 Å². The SMILES string of the molecule is CCC(OC)C(=O)NC(C(=O)N1CCN(C)CC1)C(C)c1ccc(NC(=O)CC(C2CC2)C2CC2)c(F)c1. The summed E-state index contributed by atoms with van der Waals surface area (Å²) in [4.78, 5) is 43.1. The number of benzene rings is 1. The van der Waals surface area contributed by atoms with E-state index in [9.17, 15) is 14.4 Å². The standard InChI is InChI=1S/C29H43FN4O4/c1-5-25(38-4)28(36)32-27(29(37)34-14-12-33(3)13-15-34)18(2)21-10-11-24(23(30)16-21)31-26(35)17-22(19-6-7-19)20-8-9-20/h10-11,16,18-20,22,25,27H,5-9,12-15,17H2,1-4H3,(H,31,35)(H,32,36). The molecule has 9 heteroatoms. The predicted molar refractivity (Wildman–Crippen MR) is 144 cm³/mol. The highest BCUT2D eigenvalue weighted by Gasteiger charge is 2.42. The molecular weight excluding hydrogens is 487 g/mol. The molecule has 4 rings (SSSR count). The van der Waals surface area contributed by atoms with Crippen LogP contribution in [0.5, 0.6) is 0 Å². The zero-order chi connectivity index (χ0) is 27.4. The molecule has 1 aromatic carbocycles. The molecule has 3 aliphatic rings. The first-order chi connectivity index (χ1) is 18.2. The molecule has 3 amide bonds. The lowest BCUT2D eigenvalue weighted by Crippen LogP contribution is -2.57. The number of likely N-dealkylation sites (N-methyl/N-ethyl adjacent to an activating group) is 1. The molecular formula is C29H43FN4O4. The molecule has 2 N–H and O–H groups in total. The number of nitrogens with one attached hydrogen (secondary N) is 2. The molecule has 0 radical (unpaired) electrons. The van der Waals surface area contributed by atoms with E-state index in [4.69, 9.17) is 4.74 Å². The average molecular weight is 531 g/mol. The van der Waals surface area contributed by atoms with Crippen molar-refractivity contribution >= 4 is 23.4 Å². The normalized spacial score (nSPS) is 20.6. The number of rotatable bonds is 12. The molecule has 3 atom stereocenters. The molecule has 8 nitrogen and oxygen atoms in total. The minimum Gasteiger partial charge on any atom is -0.372 e. The van der Waals surface area contributed by atoms with Crippen LogP contribution in [0.25, 0.3) is 0 Å². The van der Waals surface area contributed by atoms with Gasteiger partial charge in [0.15, 0.2) is 0 Å². The van der Waals surface area contributed by atoms with Gasteiger partial charge in [-0.25, -0.2) is 4.39 Å². The largest absolute Gasteiger partial charge is 0.372 e. The van der Waals surface area contributed by atoms with E-state index in [1.807, 2.05) is 20.9 Å². The van der Waals surface area contributed by atoms with E-state index in [2.05, 4.69) is 15.5 Å². The number of nitrogens with zero attached hydrogens (tertiary/aromatic N) is 2. The number of hydrogen-bond acceptors (Lipinski definition) is 5. The summed E-state index contributed by atoms with van der Waals surface area (Å²) in [5, 5.41) is 5.65. The maximum atomic E-state index is 15.2. The van der Waals surface area contributed by atoms with Crippen molar-refractivity contribution in [2.45, 2.75) is 70.4 Å². The molecule has 1 heterocycles. The van der Waals surface area contributed by atoms with E-state index in [0.29, 0.717) is 49.2 Å². The zero-order valence-corrected chi connectivity index (χ0v) is 23.2. The summed E-state index contributed by atoms with van der Waals surface area (Å²) < 4.78 is 20.5. The van der Waals surface area contributed by atoms with Crippen LogP contribution in [0.3, 0.4) is 0 Å². The lowest BCUT2D eigenvalue weighted by molar-refractivity contribution is -0.141. The summed E-state index contributed by atoms with van der Waals surface area (Å²) in [6.07, 6.45) is 5.03. The van der Waals surface area contributed by atoms with Crippen molar-refractivity contribution in [3.05, 3.63) is 29.6 Å². The number of hydrogen-bond donors (Lipinski definition) is 2. The Bertz CT molecular complexity index is 988. The van der Waals surface area contributed by atoms with Gasteiger partial charge in [0.05, 0.1) is 5.69 Å². The second kappa shape index (κ2) is 12.6. The summed E-state index contributed by atoms with van der Waals surface area (Å²) in [7, 11) is 3.48. The van der Waals surface area contributed by atoms with Crippen molar-refractivity contribution in [1.29, 1.82) is 0 Å². The lowest BCUT2D eigenvalue weighted by atomic mass is 9.91. The summed E-state index contributed by atoms with van der Waals surface area (Å²) in [6.45, 7) is 6.30. The van der Waals surface area contributed by atoms with Crippen LogP contribution in [0.4, 0.5) is 10.1 Å². The Morgan fingerprint density at radius 1 is 1.08 bits per heavy atom. The lowest BCUT2D eigenvalue weighted by Gasteiger charge is -2.36. The minimum atomic E-state index is -0.868. The second-order valence-corrected chi connectivity index (χ2v) is 11.4. The Morgan fingerprint density at radius 3 is 2.24 bits per heavy atom. The molecule has 1 saturated heterocycles. The highest BCUT2D eigenvalue weighted by Crippen LogP contribution is 2.50. The number of ether oxygens (including phenoxy) is 1. The summed E-state index contributed by atoms with van der Waals surface area (Å²) in [5.74, 6) is -0.0105. The van der Waals surface area contributed by atoms with Gasteiger partial charge in [0.1, 0.15) is 18.0 Å². The fourth-order valence-electron chi connectivity index (χ4n) is 5.62. The number of piperazine rings is 1. The van der Waals surface area contributed by atoms with Crippen LogP contribution < -0.4 is 10.6 Å². The van der Waals surface area contributed by atoms with Gasteiger partial charge >= 0.3 is 0 Å². The van der Waals surface area contributed by atoms with E-state index in [1.165, 1.54) is 38.9 Å². The van der Waals surface area contributed by atoms with Gasteiger partial charge in [0.25, 0.3) is 0 Å². The maximum Gasteiger partial charge on any atom is 0.249 e. The third-order valence-corrected chi connectivity index (χ3v) is 8.50. The Balaban J connectivity index is 1.46. The Labute approximate surface area is 225 Å². The van der Waals surface area contributed by atoms with Crippen molar-refractivity contribution in [2.75, 3.05) is 45.7 Å². The van der Waals surface area contributed by atoms with Gasteiger partial charge in [-0.1, -0.05) is 19.9 Å². The fraction of sp³-hybridized carbons (Fsp3) is 0.690. The third-order valence-electron chi connectivity index (χ3n) is 8.50. The molecule has 0 bridgehead atoms. The fourth-order valence-corrected chi connectivity index (χ4v) is 5.62. The van der Waals surface area contributed by atoms with Crippen LogP contribution in [0, 0.1) is 23.6 Å². The topological polar surface area (TPSA) is 91.0 Å². The van der Waals surface area contributed by atoms with E-state index in [1.54, 1.807) is 17.0 Å². The third kappa shape index (κ3) is 7.11. The van der Waals surface area contributed by atoms with Crippen LogP contribution in [0.2, 0.25) is 0 Å². The van der Waals surface area contributed by atoms with Gasteiger partial charge in [-0.05, 0) is 74.6 Å². The van der Waals surface area contributed by atoms with Crippen LogP contribution in [-0.4, -0.2) is 80.0 Å². The summed E-state index contributed by atoms with van der Waals surface area (Å²) in [5.41, 5.74) is 0.722. The molecule has 3 fully saturated rings. The molecule has 0 spiro atoms. The molecule has 38 heavy (non-hydrogen) atoms. The van der Waals surface area contributed by atoms with Crippen LogP contribution in [0.1, 0.15) is 63.9 Å². The predicted octanol–water partition coefficient (Wildman–Crippen LogP) is 3.38. The number of halogens is 1. The zero-order valence-electron chi connectivity index (χ0n) is 23.2. The Kier molecular flexibility index (Phi) is 9.41. The van der Waals surface area contributed by atoms with E-state index in [0.717, 1.165) is 13.1 Å². The summed E-state index contributed by atoms with van der Waals surface area (Å²) >= 11 is 0. The van der Waals surface area contributed by atoms with Gasteiger partial charge in [-0.15, -0.1) is 0 Å². The number of methoxy groups -OCH3 is 1. The number of carbonyl (C=O) groups excluding carboxylic acids is 3. The van der Waals surface area contributed by atoms with E-state index < -0.39 is 23.9 Å². The van der Waals surface area contributed by atoms with Crippen molar-refractivity contribution in [3.63, 3.8) is 0 Å². The minimum absolute atomic E-state index is 0.144. The number of amides is 3. The van der Waals surface area contributed by atoms with E-state index in [-0.39, 0.29) is 23.4 Å². The van der Waals surface area contributed by atoms with Gasteiger partial charge < -0.3 is 25.2 Å². The quantitative estimate of drug-likeness (QED) is 0.433. The average Bonchev–Trinajstić information content (AvgIpc) is 3.82. The Hall–Kier alpha value is -2.52. The molecule has 3 unspecified atom stereocenters. The first-order valence-electron chi connectivity index (χ1n) is 14.1. The molecule has 1 aromatic rings. The molecule has 1 aliphatic heterocycles. The molecule has 210 valence electrons. The number of anilines is 1. The van der Waals surface area contributed by atoms with Crippen LogP contribution in [0.15, 0.2) is 18.2 Å². The van der Waals surface area contributed by atoms with Gasteiger partial charge in [-0.2, -0.15) is 0 Å². The summed E-state index contributed by atoms with van der Waals surface area (Å²) in [6, 6.07) is 3.79. The maximum absolute atomic E-state index is 15.2. The molecule has 2 saturated carbocycles. The first kappa shape index (κ1) is 28.5. The van der Waals surface area contributed by atoms with Crippen molar-refractivity contribution in [1.82, 2.24) is 15.1 Å². The highest BCUT2D eigenvalue weighted by molar-refractivity contribution is 5.91. The van der Waals surface area contributed by atoms with Gasteiger partial charge in [0.2, 0.25) is 17.7 Å². The van der Waals surface area contributed by atoms with Gasteiger partial charge in [0, 0.05) is 45.6 Å².